The lowest BCUT2D eigenvalue weighted by molar-refractivity contribution is 0.410. The summed E-state index contributed by atoms with van der Waals surface area (Å²) in [5, 5.41) is 3.20. The van der Waals surface area contributed by atoms with Gasteiger partial charge in [-0.2, -0.15) is 0 Å². The predicted molar refractivity (Wildman–Crippen MR) is 64.2 cm³/mol. The van der Waals surface area contributed by atoms with Gasteiger partial charge in [-0.25, -0.2) is 4.39 Å². The van der Waals surface area contributed by atoms with Crippen molar-refractivity contribution in [3.63, 3.8) is 0 Å². The van der Waals surface area contributed by atoms with Gasteiger partial charge in [0.25, 0.3) is 0 Å². The maximum atomic E-state index is 13.8. The molecule has 0 amide bonds. The van der Waals surface area contributed by atoms with Crippen molar-refractivity contribution in [1.82, 2.24) is 5.32 Å². The number of hydrogen-bond donors (Lipinski definition) is 1. The van der Waals surface area contributed by atoms with E-state index in [2.05, 4.69) is 11.9 Å². The standard InChI is InChI=1S/C13H18FNO/c1-5-15-13(9(2)3)11-7-6-10(16-4)8-12(11)14/h6-8,13,15H,2,5H2,1,3-4H3. The van der Waals surface area contributed by atoms with Crippen LogP contribution >= 0.6 is 0 Å². The van der Waals surface area contributed by atoms with E-state index in [9.17, 15) is 4.39 Å². The van der Waals surface area contributed by atoms with Crippen molar-refractivity contribution in [2.24, 2.45) is 0 Å². The van der Waals surface area contributed by atoms with Crippen molar-refractivity contribution in [2.75, 3.05) is 13.7 Å². The van der Waals surface area contributed by atoms with Crippen LogP contribution < -0.4 is 10.1 Å². The van der Waals surface area contributed by atoms with E-state index < -0.39 is 0 Å². The van der Waals surface area contributed by atoms with E-state index in [-0.39, 0.29) is 11.9 Å². The molecule has 1 atom stereocenters. The molecule has 0 bridgehead atoms. The van der Waals surface area contributed by atoms with Crippen LogP contribution in [-0.4, -0.2) is 13.7 Å². The van der Waals surface area contributed by atoms with Crippen molar-refractivity contribution in [1.29, 1.82) is 0 Å². The average molecular weight is 223 g/mol. The number of ether oxygens (including phenoxy) is 1. The van der Waals surface area contributed by atoms with Gasteiger partial charge in [0.2, 0.25) is 0 Å². The highest BCUT2D eigenvalue weighted by atomic mass is 19.1. The molecule has 0 spiro atoms. The summed E-state index contributed by atoms with van der Waals surface area (Å²) in [6, 6.07) is 4.74. The Morgan fingerprint density at radius 1 is 1.56 bits per heavy atom. The van der Waals surface area contributed by atoms with Crippen molar-refractivity contribution in [2.45, 2.75) is 19.9 Å². The minimum atomic E-state index is -0.270. The summed E-state index contributed by atoms with van der Waals surface area (Å²) >= 11 is 0. The van der Waals surface area contributed by atoms with E-state index in [1.165, 1.54) is 13.2 Å². The van der Waals surface area contributed by atoms with Gasteiger partial charge in [0.15, 0.2) is 0 Å². The van der Waals surface area contributed by atoms with Gasteiger partial charge < -0.3 is 10.1 Å². The Labute approximate surface area is 96.1 Å². The van der Waals surface area contributed by atoms with E-state index in [1.54, 1.807) is 12.1 Å². The van der Waals surface area contributed by atoms with Crippen LogP contribution in [0.2, 0.25) is 0 Å². The molecule has 2 nitrogen and oxygen atoms in total. The Hall–Kier alpha value is -1.35. The smallest absolute Gasteiger partial charge is 0.132 e. The SMILES string of the molecule is C=C(C)C(NCC)c1ccc(OC)cc1F. The van der Waals surface area contributed by atoms with Gasteiger partial charge in [0.05, 0.1) is 13.2 Å². The normalized spacial score (nSPS) is 12.2. The molecule has 1 N–H and O–H groups in total. The third-order valence-electron chi connectivity index (χ3n) is 2.42. The van der Waals surface area contributed by atoms with Crippen LogP contribution in [-0.2, 0) is 0 Å². The highest BCUT2D eigenvalue weighted by Crippen LogP contribution is 2.25. The summed E-state index contributed by atoms with van der Waals surface area (Å²) in [5.41, 5.74) is 1.50. The van der Waals surface area contributed by atoms with Crippen LogP contribution in [0.25, 0.3) is 0 Å². The molecule has 0 aliphatic heterocycles. The van der Waals surface area contributed by atoms with Crippen LogP contribution in [0.15, 0.2) is 30.4 Å². The zero-order valence-electron chi connectivity index (χ0n) is 10.0. The fourth-order valence-electron chi connectivity index (χ4n) is 1.62. The predicted octanol–water partition coefficient (Wildman–Crippen LogP) is 3.06. The van der Waals surface area contributed by atoms with Crippen LogP contribution in [0.1, 0.15) is 25.5 Å². The van der Waals surface area contributed by atoms with E-state index >= 15 is 0 Å². The van der Waals surface area contributed by atoms with Crippen molar-refractivity contribution in [3.05, 3.63) is 41.7 Å². The molecule has 0 fully saturated rings. The van der Waals surface area contributed by atoms with E-state index in [4.69, 9.17) is 4.74 Å². The van der Waals surface area contributed by atoms with Crippen molar-refractivity contribution >= 4 is 0 Å². The second kappa shape index (κ2) is 5.66. The number of nitrogens with one attached hydrogen (secondary N) is 1. The third-order valence-corrected chi connectivity index (χ3v) is 2.42. The number of benzene rings is 1. The van der Waals surface area contributed by atoms with E-state index in [1.807, 2.05) is 13.8 Å². The Balaban J connectivity index is 3.05. The summed E-state index contributed by atoms with van der Waals surface area (Å²) in [7, 11) is 1.52. The van der Waals surface area contributed by atoms with Crippen molar-refractivity contribution in [3.8, 4) is 5.75 Å². The summed E-state index contributed by atoms with van der Waals surface area (Å²) in [6.45, 7) is 8.51. The number of halogens is 1. The second-order valence-corrected chi connectivity index (χ2v) is 3.72. The largest absolute Gasteiger partial charge is 0.497 e. The summed E-state index contributed by atoms with van der Waals surface area (Å²) in [5.74, 6) is 0.256. The zero-order chi connectivity index (χ0) is 12.1. The quantitative estimate of drug-likeness (QED) is 0.775. The first-order valence-electron chi connectivity index (χ1n) is 5.32. The summed E-state index contributed by atoms with van der Waals surface area (Å²) in [6.07, 6.45) is 0. The Kier molecular flexibility index (Phi) is 4.50. The average Bonchev–Trinajstić information content (AvgIpc) is 2.26. The molecule has 1 rings (SSSR count). The van der Waals surface area contributed by atoms with E-state index in [0.717, 1.165) is 12.1 Å². The number of hydrogen-bond acceptors (Lipinski definition) is 2. The van der Waals surface area contributed by atoms with Gasteiger partial charge in [0.1, 0.15) is 11.6 Å². The maximum Gasteiger partial charge on any atom is 0.132 e. The topological polar surface area (TPSA) is 21.3 Å². The molecular weight excluding hydrogens is 205 g/mol. The summed E-state index contributed by atoms with van der Waals surface area (Å²) < 4.78 is 18.8. The highest BCUT2D eigenvalue weighted by Gasteiger charge is 2.15. The molecule has 0 aliphatic rings. The molecule has 0 saturated carbocycles. The lowest BCUT2D eigenvalue weighted by Crippen LogP contribution is -2.22. The molecular formula is C13H18FNO. The number of rotatable bonds is 5. The Morgan fingerprint density at radius 3 is 2.69 bits per heavy atom. The fourth-order valence-corrected chi connectivity index (χ4v) is 1.62. The highest BCUT2D eigenvalue weighted by molar-refractivity contribution is 5.34. The first kappa shape index (κ1) is 12.7. The van der Waals surface area contributed by atoms with Crippen molar-refractivity contribution < 1.29 is 9.13 Å². The van der Waals surface area contributed by atoms with Crippen LogP contribution in [0.3, 0.4) is 0 Å². The molecule has 1 aromatic rings. The molecule has 1 aromatic carbocycles. The molecule has 16 heavy (non-hydrogen) atoms. The molecule has 0 aliphatic carbocycles. The van der Waals surface area contributed by atoms with Crippen LogP contribution in [0.4, 0.5) is 4.39 Å². The zero-order valence-corrected chi connectivity index (χ0v) is 10.0. The number of methoxy groups -OCH3 is 1. The first-order chi connectivity index (χ1) is 7.60. The monoisotopic (exact) mass is 223 g/mol. The van der Waals surface area contributed by atoms with Gasteiger partial charge >= 0.3 is 0 Å². The maximum absolute atomic E-state index is 13.8. The van der Waals surface area contributed by atoms with Crippen LogP contribution in [0.5, 0.6) is 5.75 Å². The van der Waals surface area contributed by atoms with Gasteiger partial charge in [-0.1, -0.05) is 25.1 Å². The van der Waals surface area contributed by atoms with Gasteiger partial charge in [-0.15, -0.1) is 0 Å². The fraction of sp³-hybridized carbons (Fsp3) is 0.385. The molecule has 1 unspecified atom stereocenters. The summed E-state index contributed by atoms with van der Waals surface area (Å²) in [4.78, 5) is 0. The molecule has 0 aromatic heterocycles. The lowest BCUT2D eigenvalue weighted by atomic mass is 10.0. The van der Waals surface area contributed by atoms with Crippen LogP contribution in [0, 0.1) is 5.82 Å². The molecule has 3 heteroatoms. The number of likely N-dealkylation sites (N-methyl/N-ethyl adjacent to an activating group) is 1. The van der Waals surface area contributed by atoms with Gasteiger partial charge in [0, 0.05) is 11.6 Å². The van der Waals surface area contributed by atoms with E-state index in [0.29, 0.717) is 11.3 Å². The Morgan fingerprint density at radius 2 is 2.25 bits per heavy atom. The third kappa shape index (κ3) is 2.83. The molecule has 0 saturated heterocycles. The lowest BCUT2D eigenvalue weighted by Gasteiger charge is -2.19. The Bertz CT molecular complexity index is 376. The molecule has 88 valence electrons. The first-order valence-corrected chi connectivity index (χ1v) is 5.32. The van der Waals surface area contributed by atoms with Gasteiger partial charge in [-0.05, 0) is 19.5 Å². The minimum Gasteiger partial charge on any atom is -0.497 e. The molecule has 0 radical (unpaired) electrons. The molecule has 0 heterocycles. The minimum absolute atomic E-state index is 0.143. The second-order valence-electron chi connectivity index (χ2n) is 3.72. The van der Waals surface area contributed by atoms with Gasteiger partial charge in [-0.3, -0.25) is 0 Å².